The average molecular weight is 375 g/mol. The van der Waals surface area contributed by atoms with Crippen molar-refractivity contribution in [2.24, 2.45) is 0 Å². The molecule has 1 aliphatic heterocycles. The van der Waals surface area contributed by atoms with E-state index in [0.29, 0.717) is 4.60 Å². The molecule has 0 bridgehead atoms. The maximum Gasteiger partial charge on any atom is 0.237 e. The van der Waals surface area contributed by atoms with Gasteiger partial charge in [-0.2, -0.15) is 0 Å². The van der Waals surface area contributed by atoms with Gasteiger partial charge in [0.2, 0.25) is 15.0 Å². The van der Waals surface area contributed by atoms with Crippen LogP contribution < -0.4 is 4.90 Å². The van der Waals surface area contributed by atoms with E-state index in [4.69, 9.17) is 22.3 Å². The molecule has 6 nitrogen and oxygen atoms in total. The molecular weight excluding hydrogens is 369 g/mol. The largest absolute Gasteiger partial charge is 0.294 e. The zero-order valence-electron chi connectivity index (χ0n) is 8.68. The van der Waals surface area contributed by atoms with Gasteiger partial charge < -0.3 is 0 Å². The third-order valence-corrected chi connectivity index (χ3v) is 5.38. The summed E-state index contributed by atoms with van der Waals surface area (Å²) in [4.78, 5) is 20.7. The summed E-state index contributed by atoms with van der Waals surface area (Å²) in [6, 6.07) is 0. The van der Waals surface area contributed by atoms with Crippen molar-refractivity contribution < 1.29 is 13.2 Å². The van der Waals surface area contributed by atoms with Crippen LogP contribution in [0.1, 0.15) is 6.42 Å². The van der Waals surface area contributed by atoms with Gasteiger partial charge >= 0.3 is 0 Å². The Balaban J connectivity index is 2.30. The van der Waals surface area contributed by atoms with Gasteiger partial charge in [0.25, 0.3) is 0 Å². The summed E-state index contributed by atoms with van der Waals surface area (Å²) < 4.78 is 22.7. The zero-order valence-corrected chi connectivity index (χ0v) is 12.6. The molecule has 1 unspecified atom stereocenters. The molecule has 0 aromatic carbocycles. The summed E-state index contributed by atoms with van der Waals surface area (Å²) in [6.07, 6.45) is 1.16. The molecule has 98 valence electrons. The number of hydrogen-bond donors (Lipinski definition) is 0. The van der Waals surface area contributed by atoms with E-state index in [2.05, 4.69) is 25.9 Å². The van der Waals surface area contributed by atoms with E-state index in [-0.39, 0.29) is 29.8 Å². The van der Waals surface area contributed by atoms with Gasteiger partial charge in [0, 0.05) is 23.6 Å². The molecule has 1 saturated heterocycles. The smallest absolute Gasteiger partial charge is 0.237 e. The van der Waals surface area contributed by atoms with Crippen LogP contribution in [0.15, 0.2) is 10.8 Å². The van der Waals surface area contributed by atoms with Crippen LogP contribution in [0.2, 0.25) is 5.15 Å². The second kappa shape index (κ2) is 4.92. The Morgan fingerprint density at radius 1 is 1.50 bits per heavy atom. The molecule has 0 N–H and O–H groups in total. The van der Waals surface area contributed by atoms with Crippen molar-refractivity contribution in [1.82, 2.24) is 9.97 Å². The quantitative estimate of drug-likeness (QED) is 0.734. The second-order valence-corrected chi connectivity index (χ2v) is 7.63. The highest BCUT2D eigenvalue weighted by Gasteiger charge is 2.38. The number of rotatable bonds is 2. The van der Waals surface area contributed by atoms with E-state index < -0.39 is 14.3 Å². The van der Waals surface area contributed by atoms with Crippen LogP contribution in [0.4, 0.5) is 5.82 Å². The monoisotopic (exact) mass is 373 g/mol. The number of carbonyl (C=O) groups excluding carboxylic acids is 1. The van der Waals surface area contributed by atoms with Crippen LogP contribution in [-0.4, -0.2) is 36.1 Å². The Labute approximate surface area is 121 Å². The predicted molar refractivity (Wildman–Crippen MR) is 70.3 cm³/mol. The molecule has 0 saturated carbocycles. The Bertz CT molecular complexity index is 610. The minimum Gasteiger partial charge on any atom is -0.294 e. The fourth-order valence-electron chi connectivity index (χ4n) is 1.56. The molecular formula is C8H6BrCl2N3O3S. The van der Waals surface area contributed by atoms with Gasteiger partial charge in [0.1, 0.15) is 9.85 Å². The minimum atomic E-state index is -3.78. The topological polar surface area (TPSA) is 80.2 Å². The first-order valence-corrected chi connectivity index (χ1v) is 8.25. The molecule has 2 rings (SSSR count). The van der Waals surface area contributed by atoms with E-state index in [1.165, 1.54) is 11.1 Å². The lowest BCUT2D eigenvalue weighted by Gasteiger charge is -2.14. The normalized spacial score (nSPS) is 20.5. The fraction of sp³-hybridized carbons (Fsp3) is 0.375. The Morgan fingerprint density at radius 2 is 2.17 bits per heavy atom. The third-order valence-electron chi connectivity index (χ3n) is 2.44. The molecule has 1 atom stereocenters. The highest BCUT2D eigenvalue weighted by Crippen LogP contribution is 2.27. The van der Waals surface area contributed by atoms with E-state index in [1.807, 2.05) is 0 Å². The van der Waals surface area contributed by atoms with Crippen LogP contribution in [0.3, 0.4) is 0 Å². The van der Waals surface area contributed by atoms with E-state index in [9.17, 15) is 13.2 Å². The van der Waals surface area contributed by atoms with Crippen molar-refractivity contribution in [3.8, 4) is 0 Å². The van der Waals surface area contributed by atoms with Crippen LogP contribution in [0.5, 0.6) is 0 Å². The van der Waals surface area contributed by atoms with Crippen molar-refractivity contribution in [2.75, 3.05) is 11.4 Å². The number of halogens is 3. The molecule has 0 radical (unpaired) electrons. The van der Waals surface area contributed by atoms with E-state index in [0.717, 1.165) is 0 Å². The lowest BCUT2D eigenvalue weighted by Crippen LogP contribution is -2.27. The maximum absolute atomic E-state index is 11.7. The van der Waals surface area contributed by atoms with Gasteiger partial charge in [-0.25, -0.2) is 18.4 Å². The summed E-state index contributed by atoms with van der Waals surface area (Å²) in [7, 11) is 1.46. The van der Waals surface area contributed by atoms with Gasteiger partial charge in [-0.05, 0) is 15.9 Å². The number of aromatic nitrogens is 2. The minimum absolute atomic E-state index is 0.0443. The van der Waals surface area contributed by atoms with Crippen LogP contribution in [0, 0.1) is 0 Å². The molecule has 0 aliphatic carbocycles. The van der Waals surface area contributed by atoms with E-state index >= 15 is 0 Å². The SMILES string of the molecule is O=C1CC(S(=O)(=O)Cl)CN1c1cnc(Br)c(Cl)n1. The van der Waals surface area contributed by atoms with Crippen molar-refractivity contribution in [3.63, 3.8) is 0 Å². The zero-order chi connectivity index (χ0) is 13.5. The van der Waals surface area contributed by atoms with Crippen LogP contribution in [-0.2, 0) is 13.8 Å². The summed E-state index contributed by atoms with van der Waals surface area (Å²) in [5.74, 6) is -0.173. The first kappa shape index (κ1) is 14.0. The highest BCUT2D eigenvalue weighted by molar-refractivity contribution is 9.10. The van der Waals surface area contributed by atoms with E-state index in [1.54, 1.807) is 0 Å². The molecule has 2 heterocycles. The number of anilines is 1. The maximum atomic E-state index is 11.7. The van der Waals surface area contributed by atoms with Crippen molar-refractivity contribution >= 4 is 59.0 Å². The lowest BCUT2D eigenvalue weighted by atomic mass is 10.4. The van der Waals surface area contributed by atoms with Gasteiger partial charge in [-0.3, -0.25) is 9.69 Å². The Hall–Kier alpha value is -0.440. The predicted octanol–water partition coefficient (Wildman–Crippen LogP) is 1.57. The lowest BCUT2D eigenvalue weighted by molar-refractivity contribution is -0.117. The molecule has 1 amide bonds. The average Bonchev–Trinajstić information content (AvgIpc) is 2.64. The Morgan fingerprint density at radius 3 is 2.67 bits per heavy atom. The number of nitrogens with zero attached hydrogens (tertiary/aromatic N) is 3. The number of hydrogen-bond acceptors (Lipinski definition) is 5. The molecule has 1 aromatic rings. The molecule has 0 spiro atoms. The van der Waals surface area contributed by atoms with Gasteiger partial charge in [0.15, 0.2) is 11.0 Å². The van der Waals surface area contributed by atoms with Crippen LogP contribution in [0.25, 0.3) is 0 Å². The summed E-state index contributed by atoms with van der Waals surface area (Å²) >= 11 is 8.83. The van der Waals surface area contributed by atoms with Crippen molar-refractivity contribution in [3.05, 3.63) is 16.0 Å². The molecule has 1 aromatic heterocycles. The standard InChI is InChI=1S/C8H6BrCl2N3O3S/c9-7-8(10)13-5(2-12-7)14-3-4(1-6(14)15)18(11,16)17/h2,4H,1,3H2. The summed E-state index contributed by atoms with van der Waals surface area (Å²) in [5.41, 5.74) is 0. The second-order valence-electron chi connectivity index (χ2n) is 3.62. The first-order chi connectivity index (χ1) is 8.29. The molecule has 10 heteroatoms. The van der Waals surface area contributed by atoms with Gasteiger partial charge in [0.05, 0.1) is 6.20 Å². The third kappa shape index (κ3) is 2.76. The molecule has 18 heavy (non-hydrogen) atoms. The molecule has 1 aliphatic rings. The highest BCUT2D eigenvalue weighted by atomic mass is 79.9. The molecule has 1 fully saturated rings. The van der Waals surface area contributed by atoms with Gasteiger partial charge in [-0.1, -0.05) is 11.6 Å². The fourth-order valence-corrected chi connectivity index (χ4v) is 2.91. The Kier molecular flexibility index (Phi) is 3.82. The summed E-state index contributed by atoms with van der Waals surface area (Å²) in [6.45, 7) is -0.0443. The van der Waals surface area contributed by atoms with Crippen molar-refractivity contribution in [2.45, 2.75) is 11.7 Å². The first-order valence-electron chi connectivity index (χ1n) is 4.71. The number of amides is 1. The van der Waals surface area contributed by atoms with Gasteiger partial charge in [-0.15, -0.1) is 0 Å². The number of carbonyl (C=O) groups is 1. The van der Waals surface area contributed by atoms with Crippen molar-refractivity contribution in [1.29, 1.82) is 0 Å². The van der Waals surface area contributed by atoms with Crippen LogP contribution >= 0.6 is 38.2 Å². The summed E-state index contributed by atoms with van der Waals surface area (Å²) in [5, 5.41) is -0.839.